The van der Waals surface area contributed by atoms with E-state index in [-0.39, 0.29) is 5.84 Å². The number of aryl methyl sites for hydroxylation is 2. The third-order valence-electron chi connectivity index (χ3n) is 2.41. The van der Waals surface area contributed by atoms with Crippen molar-refractivity contribution in [3.8, 4) is 0 Å². The number of nitrogens with one attached hydrogen (secondary N) is 1. The maximum atomic E-state index is 7.57. The third-order valence-corrected chi connectivity index (χ3v) is 3.54. The number of nitrogens with zero attached hydrogens (tertiary/aromatic N) is 2. The van der Waals surface area contributed by atoms with Gasteiger partial charge in [0, 0.05) is 29.9 Å². The summed E-state index contributed by atoms with van der Waals surface area (Å²) in [6.45, 7) is 2.02. The Balaban J connectivity index is 2.41. The molecule has 0 saturated heterocycles. The van der Waals surface area contributed by atoms with Gasteiger partial charge in [0.05, 0.1) is 0 Å². The zero-order chi connectivity index (χ0) is 12.4. The molecule has 17 heavy (non-hydrogen) atoms. The normalized spacial score (nSPS) is 10.5. The number of benzene rings is 1. The average molecular weight is 246 g/mol. The maximum Gasteiger partial charge on any atom is 0.172 e. The Morgan fingerprint density at radius 3 is 2.82 bits per heavy atom. The lowest BCUT2D eigenvalue weighted by Crippen LogP contribution is -2.12. The van der Waals surface area contributed by atoms with Gasteiger partial charge in [-0.05, 0) is 24.6 Å². The first kappa shape index (κ1) is 11.7. The minimum Gasteiger partial charge on any atom is -0.384 e. The summed E-state index contributed by atoms with van der Waals surface area (Å²) in [5, 5.41) is 8.45. The molecule has 1 heterocycles. The van der Waals surface area contributed by atoms with Gasteiger partial charge in [0.15, 0.2) is 5.16 Å². The molecule has 4 nitrogen and oxygen atoms in total. The van der Waals surface area contributed by atoms with Gasteiger partial charge in [-0.15, -0.1) is 0 Å². The van der Waals surface area contributed by atoms with E-state index in [1.165, 1.54) is 11.8 Å². The van der Waals surface area contributed by atoms with Crippen LogP contribution in [0.2, 0.25) is 0 Å². The van der Waals surface area contributed by atoms with Gasteiger partial charge in [-0.1, -0.05) is 17.8 Å². The Kier molecular flexibility index (Phi) is 3.19. The van der Waals surface area contributed by atoms with Crippen LogP contribution in [-0.2, 0) is 7.05 Å². The SMILES string of the molecule is Cc1ccc(C(=N)N)c(Sc2nccn2C)c1. The summed E-state index contributed by atoms with van der Waals surface area (Å²) in [5.74, 6) is 0.0849. The summed E-state index contributed by atoms with van der Waals surface area (Å²) >= 11 is 1.52. The molecule has 0 unspecified atom stereocenters. The van der Waals surface area contributed by atoms with Crippen molar-refractivity contribution in [1.29, 1.82) is 5.41 Å². The highest BCUT2D eigenvalue weighted by Crippen LogP contribution is 2.29. The Morgan fingerprint density at radius 2 is 2.24 bits per heavy atom. The second-order valence-corrected chi connectivity index (χ2v) is 4.85. The van der Waals surface area contributed by atoms with Crippen LogP contribution in [0.5, 0.6) is 0 Å². The van der Waals surface area contributed by atoms with Crippen molar-refractivity contribution in [2.45, 2.75) is 17.0 Å². The molecule has 3 N–H and O–H groups in total. The second-order valence-electron chi connectivity index (χ2n) is 3.84. The molecule has 0 amide bonds. The Bertz CT molecular complexity index is 559. The first-order chi connectivity index (χ1) is 8.08. The van der Waals surface area contributed by atoms with E-state index >= 15 is 0 Å². The second kappa shape index (κ2) is 4.63. The summed E-state index contributed by atoms with van der Waals surface area (Å²) in [6.07, 6.45) is 3.65. The topological polar surface area (TPSA) is 67.7 Å². The molecule has 0 fully saturated rings. The van der Waals surface area contributed by atoms with Crippen molar-refractivity contribution < 1.29 is 0 Å². The number of imidazole rings is 1. The minimum atomic E-state index is 0.0849. The van der Waals surface area contributed by atoms with E-state index < -0.39 is 0 Å². The van der Waals surface area contributed by atoms with Gasteiger partial charge in [-0.3, -0.25) is 5.41 Å². The van der Waals surface area contributed by atoms with E-state index in [1.807, 2.05) is 42.9 Å². The van der Waals surface area contributed by atoms with Gasteiger partial charge in [0.25, 0.3) is 0 Å². The van der Waals surface area contributed by atoms with Gasteiger partial charge < -0.3 is 10.3 Å². The number of nitrogens with two attached hydrogens (primary N) is 1. The van der Waals surface area contributed by atoms with E-state index in [0.717, 1.165) is 21.2 Å². The molecule has 0 spiro atoms. The quantitative estimate of drug-likeness (QED) is 0.644. The van der Waals surface area contributed by atoms with Crippen LogP contribution >= 0.6 is 11.8 Å². The van der Waals surface area contributed by atoms with Crippen LogP contribution in [0.1, 0.15) is 11.1 Å². The summed E-state index contributed by atoms with van der Waals surface area (Å²) in [7, 11) is 1.94. The van der Waals surface area contributed by atoms with Gasteiger partial charge in [0.1, 0.15) is 5.84 Å². The van der Waals surface area contributed by atoms with Crippen LogP contribution in [-0.4, -0.2) is 15.4 Å². The van der Waals surface area contributed by atoms with Gasteiger partial charge in [-0.25, -0.2) is 4.98 Å². The zero-order valence-electron chi connectivity index (χ0n) is 9.77. The molecule has 0 aliphatic carbocycles. The molecule has 1 aromatic heterocycles. The number of rotatable bonds is 3. The zero-order valence-corrected chi connectivity index (χ0v) is 10.6. The largest absolute Gasteiger partial charge is 0.384 e. The first-order valence-electron chi connectivity index (χ1n) is 5.18. The molecule has 0 atom stereocenters. The Labute approximate surface area is 104 Å². The number of hydrogen-bond donors (Lipinski definition) is 2. The fourth-order valence-corrected chi connectivity index (χ4v) is 2.53. The van der Waals surface area contributed by atoms with E-state index in [2.05, 4.69) is 4.98 Å². The smallest absolute Gasteiger partial charge is 0.172 e. The van der Waals surface area contributed by atoms with Gasteiger partial charge in [0.2, 0.25) is 0 Å². The standard InChI is InChI=1S/C12H14N4S/c1-8-3-4-9(11(13)14)10(7-8)17-12-15-5-6-16(12)2/h3-7H,1-2H3,(H3,13,14). The highest BCUT2D eigenvalue weighted by atomic mass is 32.2. The fraction of sp³-hybridized carbons (Fsp3) is 0.167. The van der Waals surface area contributed by atoms with Crippen molar-refractivity contribution in [3.05, 3.63) is 41.7 Å². The summed E-state index contributed by atoms with van der Waals surface area (Å²) in [5.41, 5.74) is 7.47. The maximum absolute atomic E-state index is 7.57. The molecule has 0 saturated carbocycles. The predicted molar refractivity (Wildman–Crippen MR) is 69.5 cm³/mol. The fourth-order valence-electron chi connectivity index (χ4n) is 1.49. The molecule has 1 aromatic carbocycles. The molecule has 0 aliphatic heterocycles. The van der Waals surface area contributed by atoms with E-state index in [1.54, 1.807) is 6.20 Å². The summed E-state index contributed by atoms with van der Waals surface area (Å²) in [6, 6.07) is 5.86. The van der Waals surface area contributed by atoms with Crippen LogP contribution in [0.4, 0.5) is 0 Å². The Hall–Kier alpha value is -1.75. The number of amidine groups is 1. The molecule has 0 aliphatic rings. The van der Waals surface area contributed by atoms with Gasteiger partial charge in [-0.2, -0.15) is 0 Å². The molecular formula is C12H14N4S. The summed E-state index contributed by atoms with van der Waals surface area (Å²) in [4.78, 5) is 5.22. The first-order valence-corrected chi connectivity index (χ1v) is 6.00. The van der Waals surface area contributed by atoms with Gasteiger partial charge >= 0.3 is 0 Å². The molecule has 88 valence electrons. The van der Waals surface area contributed by atoms with E-state index in [0.29, 0.717) is 0 Å². The monoisotopic (exact) mass is 246 g/mol. The van der Waals surface area contributed by atoms with Crippen molar-refractivity contribution >= 4 is 17.6 Å². The van der Waals surface area contributed by atoms with E-state index in [4.69, 9.17) is 11.1 Å². The molecule has 0 bridgehead atoms. The number of aromatic nitrogens is 2. The van der Waals surface area contributed by atoms with Crippen LogP contribution in [0.15, 0.2) is 40.6 Å². The van der Waals surface area contributed by atoms with Crippen LogP contribution in [0, 0.1) is 12.3 Å². The van der Waals surface area contributed by atoms with E-state index in [9.17, 15) is 0 Å². The third kappa shape index (κ3) is 2.50. The minimum absolute atomic E-state index is 0.0849. The van der Waals surface area contributed by atoms with Crippen molar-refractivity contribution in [3.63, 3.8) is 0 Å². The van der Waals surface area contributed by atoms with Crippen molar-refractivity contribution in [2.75, 3.05) is 0 Å². The van der Waals surface area contributed by atoms with Crippen LogP contribution in [0.3, 0.4) is 0 Å². The number of nitrogen functional groups attached to an aromatic ring is 1. The highest BCUT2D eigenvalue weighted by Gasteiger charge is 2.09. The lowest BCUT2D eigenvalue weighted by molar-refractivity contribution is 0.790. The number of hydrogen-bond acceptors (Lipinski definition) is 3. The van der Waals surface area contributed by atoms with Crippen molar-refractivity contribution in [2.24, 2.45) is 12.8 Å². The molecular weight excluding hydrogens is 232 g/mol. The highest BCUT2D eigenvalue weighted by molar-refractivity contribution is 7.99. The molecule has 2 rings (SSSR count). The lowest BCUT2D eigenvalue weighted by Gasteiger charge is -2.08. The van der Waals surface area contributed by atoms with Crippen LogP contribution < -0.4 is 5.73 Å². The summed E-state index contributed by atoms with van der Waals surface area (Å²) < 4.78 is 1.94. The van der Waals surface area contributed by atoms with Crippen molar-refractivity contribution in [1.82, 2.24) is 9.55 Å². The lowest BCUT2D eigenvalue weighted by atomic mass is 10.1. The molecule has 5 heteroatoms. The Morgan fingerprint density at radius 1 is 1.47 bits per heavy atom. The molecule has 0 radical (unpaired) electrons. The predicted octanol–water partition coefficient (Wildman–Crippen LogP) is 2.16. The average Bonchev–Trinajstić information content (AvgIpc) is 2.64. The molecule has 2 aromatic rings. The van der Waals surface area contributed by atoms with Crippen LogP contribution in [0.25, 0.3) is 0 Å².